The lowest BCUT2D eigenvalue weighted by atomic mass is 10.5. The molecule has 19 heavy (non-hydrogen) atoms. The number of hydrogen-bond donors (Lipinski definition) is 0. The third-order valence-corrected chi connectivity index (χ3v) is 5.52. The average molecular weight is 327 g/mol. The highest BCUT2D eigenvalue weighted by molar-refractivity contribution is 7.98. The predicted octanol–water partition coefficient (Wildman–Crippen LogP) is 4.30. The fraction of sp³-hybridized carbons (Fsp3) is 0.727. The van der Waals surface area contributed by atoms with Crippen molar-refractivity contribution in [1.29, 1.82) is 0 Å². The van der Waals surface area contributed by atoms with Gasteiger partial charge in [-0.05, 0) is 27.0 Å². The van der Waals surface area contributed by atoms with E-state index in [2.05, 4.69) is 5.10 Å². The topological polar surface area (TPSA) is 53.4 Å². The summed E-state index contributed by atoms with van der Waals surface area (Å²) in [5.41, 5.74) is 0. The molecule has 0 saturated carbocycles. The van der Waals surface area contributed by atoms with Gasteiger partial charge < -0.3 is 4.52 Å². The van der Waals surface area contributed by atoms with Crippen LogP contribution in [0.3, 0.4) is 0 Å². The molecule has 0 aliphatic carbocycles. The first-order chi connectivity index (χ1) is 8.86. The van der Waals surface area contributed by atoms with Crippen LogP contribution >= 0.6 is 31.0 Å². The summed E-state index contributed by atoms with van der Waals surface area (Å²) >= 11 is 7.68. The Hall–Kier alpha value is -0.160. The van der Waals surface area contributed by atoms with Gasteiger partial charge in [0.15, 0.2) is 0 Å². The van der Waals surface area contributed by atoms with Gasteiger partial charge in [0, 0.05) is 6.54 Å². The van der Waals surface area contributed by atoms with Crippen LogP contribution in [0, 0.1) is 0 Å². The SMILES string of the molecule is CCn1nc(OP(=O)(CC)OC(C)C)c(Cl)c1SC. The molecule has 1 aromatic rings. The first kappa shape index (κ1) is 16.9. The van der Waals surface area contributed by atoms with Crippen LogP contribution in [0.15, 0.2) is 5.03 Å². The first-order valence-corrected chi connectivity index (χ1v) is 9.47. The van der Waals surface area contributed by atoms with Crippen molar-refractivity contribution in [2.24, 2.45) is 0 Å². The molecule has 0 radical (unpaired) electrons. The molecule has 1 atom stereocenters. The Labute approximate surface area is 123 Å². The zero-order valence-electron chi connectivity index (χ0n) is 11.8. The second-order valence-corrected chi connectivity index (χ2v) is 7.54. The van der Waals surface area contributed by atoms with E-state index in [9.17, 15) is 4.57 Å². The number of nitrogens with zero attached hydrogens (tertiary/aromatic N) is 2. The van der Waals surface area contributed by atoms with Crippen LogP contribution in [0.25, 0.3) is 0 Å². The Morgan fingerprint density at radius 2 is 2.11 bits per heavy atom. The lowest BCUT2D eigenvalue weighted by molar-refractivity contribution is 0.208. The molecule has 1 rings (SSSR count). The van der Waals surface area contributed by atoms with Gasteiger partial charge in [0.1, 0.15) is 10.0 Å². The van der Waals surface area contributed by atoms with Crippen LogP contribution in [-0.2, 0) is 15.6 Å². The Morgan fingerprint density at radius 3 is 2.47 bits per heavy atom. The van der Waals surface area contributed by atoms with Gasteiger partial charge in [-0.15, -0.1) is 16.9 Å². The van der Waals surface area contributed by atoms with E-state index in [0.29, 0.717) is 11.6 Å². The highest BCUT2D eigenvalue weighted by atomic mass is 35.5. The van der Waals surface area contributed by atoms with Gasteiger partial charge in [0.2, 0.25) is 0 Å². The summed E-state index contributed by atoms with van der Waals surface area (Å²) in [7, 11) is -3.20. The molecule has 0 aliphatic heterocycles. The van der Waals surface area contributed by atoms with E-state index < -0.39 is 7.60 Å². The molecule has 1 unspecified atom stereocenters. The summed E-state index contributed by atoms with van der Waals surface area (Å²) in [5, 5.41) is 5.41. The number of hydrogen-bond acceptors (Lipinski definition) is 5. The predicted molar refractivity (Wildman–Crippen MR) is 79.7 cm³/mol. The lowest BCUT2D eigenvalue weighted by Gasteiger charge is -2.18. The Kier molecular flexibility index (Phi) is 6.24. The summed E-state index contributed by atoms with van der Waals surface area (Å²) in [6, 6.07) is 0. The minimum absolute atomic E-state index is 0.179. The van der Waals surface area contributed by atoms with Crippen molar-refractivity contribution in [3.63, 3.8) is 0 Å². The van der Waals surface area contributed by atoms with Gasteiger partial charge in [0.05, 0.1) is 12.3 Å². The van der Waals surface area contributed by atoms with Gasteiger partial charge >= 0.3 is 7.60 Å². The van der Waals surface area contributed by atoms with Crippen molar-refractivity contribution >= 4 is 31.0 Å². The van der Waals surface area contributed by atoms with E-state index in [4.69, 9.17) is 20.6 Å². The molecule has 1 heterocycles. The molecular formula is C11H20ClN2O3PS. The third-order valence-electron chi connectivity index (χ3n) is 2.30. The summed E-state index contributed by atoms with van der Waals surface area (Å²) < 4.78 is 25.0. The number of aromatic nitrogens is 2. The molecule has 0 saturated heterocycles. The molecule has 0 bridgehead atoms. The summed E-state index contributed by atoms with van der Waals surface area (Å²) in [6.07, 6.45) is 2.00. The second-order valence-electron chi connectivity index (χ2n) is 4.12. The van der Waals surface area contributed by atoms with E-state index in [1.807, 2.05) is 27.0 Å². The molecule has 0 N–H and O–H groups in total. The van der Waals surface area contributed by atoms with Crippen LogP contribution in [0.1, 0.15) is 27.7 Å². The zero-order valence-corrected chi connectivity index (χ0v) is 14.3. The molecule has 0 amide bonds. The van der Waals surface area contributed by atoms with E-state index in [1.54, 1.807) is 11.6 Å². The number of aryl methyl sites for hydroxylation is 1. The minimum Gasteiger partial charge on any atom is -0.403 e. The van der Waals surface area contributed by atoms with E-state index in [-0.39, 0.29) is 18.1 Å². The standard InChI is InChI=1S/C11H20ClN2O3PS/c1-6-14-11(19-5)9(12)10(13-14)17-18(15,7-2)16-8(3)4/h8H,6-7H2,1-5H3. The summed E-state index contributed by atoms with van der Waals surface area (Å²) in [5.74, 6) is 0.179. The minimum atomic E-state index is -3.20. The number of thioether (sulfide) groups is 1. The molecular weight excluding hydrogens is 307 g/mol. The van der Waals surface area contributed by atoms with Gasteiger partial charge in [-0.25, -0.2) is 4.57 Å². The van der Waals surface area contributed by atoms with Crippen LogP contribution in [0.5, 0.6) is 5.88 Å². The average Bonchev–Trinajstić information content (AvgIpc) is 2.64. The van der Waals surface area contributed by atoms with Crippen LogP contribution in [-0.4, -0.2) is 28.3 Å². The van der Waals surface area contributed by atoms with Crippen LogP contribution in [0.2, 0.25) is 5.02 Å². The molecule has 8 heteroatoms. The van der Waals surface area contributed by atoms with Crippen molar-refractivity contribution in [3.05, 3.63) is 5.02 Å². The Bertz CT molecular complexity index is 479. The van der Waals surface area contributed by atoms with Crippen molar-refractivity contribution in [2.75, 3.05) is 12.4 Å². The van der Waals surface area contributed by atoms with Gasteiger partial charge in [-0.3, -0.25) is 9.21 Å². The van der Waals surface area contributed by atoms with E-state index in [1.165, 1.54) is 11.8 Å². The summed E-state index contributed by atoms with van der Waals surface area (Å²) in [6.45, 7) is 8.00. The highest BCUT2D eigenvalue weighted by Gasteiger charge is 2.29. The molecule has 0 fully saturated rings. The maximum Gasteiger partial charge on any atom is 0.380 e. The normalized spacial score (nSPS) is 14.7. The van der Waals surface area contributed by atoms with Gasteiger partial charge in [-0.2, -0.15) is 0 Å². The highest BCUT2D eigenvalue weighted by Crippen LogP contribution is 2.51. The second kappa shape index (κ2) is 7.02. The monoisotopic (exact) mass is 326 g/mol. The third kappa shape index (κ3) is 4.15. The molecule has 5 nitrogen and oxygen atoms in total. The maximum absolute atomic E-state index is 12.5. The fourth-order valence-electron chi connectivity index (χ4n) is 1.48. The zero-order chi connectivity index (χ0) is 14.6. The van der Waals surface area contributed by atoms with Crippen molar-refractivity contribution in [3.8, 4) is 5.88 Å². The largest absolute Gasteiger partial charge is 0.403 e. The first-order valence-electron chi connectivity index (χ1n) is 6.14. The summed E-state index contributed by atoms with van der Waals surface area (Å²) in [4.78, 5) is 0. The Balaban J connectivity index is 3.04. The van der Waals surface area contributed by atoms with Crippen molar-refractivity contribution in [2.45, 2.75) is 45.4 Å². The molecule has 0 aromatic carbocycles. The maximum atomic E-state index is 12.5. The van der Waals surface area contributed by atoms with Crippen molar-refractivity contribution < 1.29 is 13.6 Å². The van der Waals surface area contributed by atoms with E-state index in [0.717, 1.165) is 5.03 Å². The number of rotatable bonds is 7. The quantitative estimate of drug-likeness (QED) is 0.552. The van der Waals surface area contributed by atoms with Crippen LogP contribution in [0.4, 0.5) is 0 Å². The van der Waals surface area contributed by atoms with Gasteiger partial charge in [-0.1, -0.05) is 18.5 Å². The molecule has 110 valence electrons. The fourth-order valence-corrected chi connectivity index (χ4v) is 3.95. The molecule has 1 aromatic heterocycles. The van der Waals surface area contributed by atoms with Crippen LogP contribution < -0.4 is 4.52 Å². The van der Waals surface area contributed by atoms with Gasteiger partial charge in [0.25, 0.3) is 5.88 Å². The Morgan fingerprint density at radius 1 is 1.47 bits per heavy atom. The molecule has 0 aliphatic rings. The van der Waals surface area contributed by atoms with E-state index >= 15 is 0 Å². The van der Waals surface area contributed by atoms with Crippen molar-refractivity contribution in [1.82, 2.24) is 9.78 Å². The smallest absolute Gasteiger partial charge is 0.380 e. The lowest BCUT2D eigenvalue weighted by Crippen LogP contribution is -2.07. The number of halogens is 1. The molecule has 0 spiro atoms.